The summed E-state index contributed by atoms with van der Waals surface area (Å²) in [5.74, 6) is -3.23. The quantitative estimate of drug-likeness (QED) is 0.453. The Bertz CT molecular complexity index is 863. The Hall–Kier alpha value is -2.66. The molecule has 0 amide bonds. The molecule has 0 spiro atoms. The molecule has 1 fully saturated rings. The van der Waals surface area contributed by atoms with Gasteiger partial charge in [0.05, 0.1) is 5.02 Å². The third kappa shape index (κ3) is 3.72. The number of hydrogen-bond acceptors (Lipinski definition) is 4. The van der Waals surface area contributed by atoms with Gasteiger partial charge in [0.25, 0.3) is 5.79 Å². The van der Waals surface area contributed by atoms with Crippen LogP contribution >= 0.6 is 11.6 Å². The largest absolute Gasteiger partial charge is 0.419 e. The molecule has 4 nitrogen and oxygen atoms in total. The van der Waals surface area contributed by atoms with Crippen LogP contribution in [-0.4, -0.2) is 17.7 Å². The molecule has 0 saturated carbocycles. The van der Waals surface area contributed by atoms with Crippen LogP contribution in [0.4, 0.5) is 4.39 Å². The summed E-state index contributed by atoms with van der Waals surface area (Å²) in [6.45, 7) is 2.97. The first kappa shape index (κ1) is 17.2. The Morgan fingerprint density at radius 1 is 0.960 bits per heavy atom. The molecule has 0 aromatic heterocycles. The van der Waals surface area contributed by atoms with Crippen LogP contribution < -0.4 is 0 Å². The molecule has 0 bridgehead atoms. The van der Waals surface area contributed by atoms with E-state index in [1.807, 2.05) is 0 Å². The van der Waals surface area contributed by atoms with Crippen molar-refractivity contribution in [2.24, 2.45) is 0 Å². The van der Waals surface area contributed by atoms with Crippen molar-refractivity contribution in [2.45, 2.75) is 19.6 Å². The molecule has 1 aliphatic rings. The van der Waals surface area contributed by atoms with Gasteiger partial charge in [0.2, 0.25) is 0 Å². The van der Waals surface area contributed by atoms with Gasteiger partial charge in [-0.1, -0.05) is 41.9 Å². The lowest BCUT2D eigenvalue weighted by Gasteiger charge is -2.29. The van der Waals surface area contributed by atoms with Crippen molar-refractivity contribution in [3.63, 3.8) is 0 Å². The molecular weight excluding hydrogens is 347 g/mol. The van der Waals surface area contributed by atoms with Gasteiger partial charge in [-0.15, -0.1) is 0 Å². The highest BCUT2D eigenvalue weighted by atomic mass is 35.5. The lowest BCUT2D eigenvalue weighted by atomic mass is 10.0. The van der Waals surface area contributed by atoms with E-state index in [9.17, 15) is 14.0 Å². The second kappa shape index (κ2) is 6.33. The van der Waals surface area contributed by atoms with Gasteiger partial charge in [-0.05, 0) is 34.9 Å². The second-order valence-electron chi connectivity index (χ2n) is 5.99. The Labute approximate surface area is 148 Å². The summed E-state index contributed by atoms with van der Waals surface area (Å²) < 4.78 is 23.6. The number of carbonyl (C=O) groups is 2. The SMILES string of the molecule is CC1(C)OC(=O)C(=Cc2ccc(-c3ccc(Cl)c(F)c3)cc2)C(=O)O1. The van der Waals surface area contributed by atoms with E-state index >= 15 is 0 Å². The van der Waals surface area contributed by atoms with Crippen molar-refractivity contribution >= 4 is 29.6 Å². The predicted octanol–water partition coefficient (Wildman–Crippen LogP) is 4.37. The van der Waals surface area contributed by atoms with Crippen molar-refractivity contribution in [1.29, 1.82) is 0 Å². The minimum atomic E-state index is -1.27. The standard InChI is InChI=1S/C19H14ClFO4/c1-19(2)24-17(22)14(18(23)25-19)9-11-3-5-12(6-4-11)13-7-8-15(20)16(21)10-13/h3-10H,1-2H3. The number of cyclic esters (lactones) is 2. The molecule has 6 heteroatoms. The molecule has 1 aliphatic heterocycles. The van der Waals surface area contributed by atoms with Gasteiger partial charge in [0.1, 0.15) is 11.4 Å². The molecule has 3 rings (SSSR count). The predicted molar refractivity (Wildman–Crippen MR) is 91.1 cm³/mol. The topological polar surface area (TPSA) is 52.6 Å². The molecule has 128 valence electrons. The van der Waals surface area contributed by atoms with Gasteiger partial charge >= 0.3 is 11.9 Å². The molecular formula is C19H14ClFO4. The number of rotatable bonds is 2. The van der Waals surface area contributed by atoms with E-state index in [1.54, 1.807) is 30.3 Å². The summed E-state index contributed by atoms with van der Waals surface area (Å²) in [4.78, 5) is 23.9. The zero-order chi connectivity index (χ0) is 18.2. The highest BCUT2D eigenvalue weighted by Crippen LogP contribution is 2.27. The van der Waals surface area contributed by atoms with E-state index in [4.69, 9.17) is 21.1 Å². The average Bonchev–Trinajstić information content (AvgIpc) is 2.53. The first-order chi connectivity index (χ1) is 11.7. The van der Waals surface area contributed by atoms with Crippen LogP contribution in [0.25, 0.3) is 17.2 Å². The summed E-state index contributed by atoms with van der Waals surface area (Å²) in [6.07, 6.45) is 1.39. The third-order valence-corrected chi connectivity index (χ3v) is 3.90. The van der Waals surface area contributed by atoms with E-state index in [2.05, 4.69) is 0 Å². The Morgan fingerprint density at radius 2 is 1.52 bits per heavy atom. The first-order valence-corrected chi connectivity index (χ1v) is 7.87. The Morgan fingerprint density at radius 3 is 2.08 bits per heavy atom. The highest BCUT2D eigenvalue weighted by Gasteiger charge is 2.38. The molecule has 0 radical (unpaired) electrons. The van der Waals surface area contributed by atoms with Gasteiger partial charge in [-0.3, -0.25) is 0 Å². The Balaban J connectivity index is 1.86. The van der Waals surface area contributed by atoms with Crippen molar-refractivity contribution in [2.75, 3.05) is 0 Å². The third-order valence-electron chi connectivity index (χ3n) is 3.59. The lowest BCUT2D eigenvalue weighted by Crippen LogP contribution is -2.41. The number of carbonyl (C=O) groups excluding carboxylic acids is 2. The fourth-order valence-electron chi connectivity index (χ4n) is 2.39. The van der Waals surface area contributed by atoms with Gasteiger partial charge in [0.15, 0.2) is 0 Å². The summed E-state index contributed by atoms with van der Waals surface area (Å²) in [7, 11) is 0. The fraction of sp³-hybridized carbons (Fsp3) is 0.158. The van der Waals surface area contributed by atoms with Gasteiger partial charge in [0, 0.05) is 13.8 Å². The van der Waals surface area contributed by atoms with Crippen molar-refractivity contribution < 1.29 is 23.5 Å². The first-order valence-electron chi connectivity index (χ1n) is 7.49. The van der Waals surface area contributed by atoms with Crippen LogP contribution in [0.3, 0.4) is 0 Å². The van der Waals surface area contributed by atoms with Crippen molar-refractivity contribution in [3.8, 4) is 11.1 Å². The summed E-state index contributed by atoms with van der Waals surface area (Å²) in [5.41, 5.74) is 1.87. The van der Waals surface area contributed by atoms with Crippen LogP contribution in [0.1, 0.15) is 19.4 Å². The number of hydrogen-bond donors (Lipinski definition) is 0. The summed E-state index contributed by atoms with van der Waals surface area (Å²) in [5, 5.41) is 0.0577. The van der Waals surface area contributed by atoms with E-state index in [0.29, 0.717) is 11.1 Å². The average molecular weight is 361 g/mol. The molecule has 2 aromatic rings. The fourth-order valence-corrected chi connectivity index (χ4v) is 2.51. The lowest BCUT2D eigenvalue weighted by molar-refractivity contribution is -0.222. The van der Waals surface area contributed by atoms with Gasteiger partial charge < -0.3 is 9.47 Å². The molecule has 0 atom stereocenters. The number of esters is 2. The van der Waals surface area contributed by atoms with Crippen LogP contribution in [0.15, 0.2) is 48.0 Å². The molecule has 1 heterocycles. The molecule has 0 unspecified atom stereocenters. The van der Waals surface area contributed by atoms with E-state index < -0.39 is 23.5 Å². The molecule has 0 aliphatic carbocycles. The highest BCUT2D eigenvalue weighted by molar-refractivity contribution is 6.30. The van der Waals surface area contributed by atoms with Crippen LogP contribution in [-0.2, 0) is 19.1 Å². The summed E-state index contributed by atoms with van der Waals surface area (Å²) in [6, 6.07) is 11.4. The molecule has 2 aromatic carbocycles. The zero-order valence-corrected chi connectivity index (χ0v) is 14.3. The van der Waals surface area contributed by atoms with Crippen LogP contribution in [0, 0.1) is 5.82 Å². The van der Waals surface area contributed by atoms with E-state index in [0.717, 1.165) is 5.56 Å². The van der Waals surface area contributed by atoms with E-state index in [-0.39, 0.29) is 10.6 Å². The number of ether oxygens (including phenoxy) is 2. The molecule has 0 N–H and O–H groups in total. The maximum absolute atomic E-state index is 13.6. The minimum Gasteiger partial charge on any atom is -0.419 e. The number of benzene rings is 2. The zero-order valence-electron chi connectivity index (χ0n) is 13.5. The van der Waals surface area contributed by atoms with E-state index in [1.165, 1.54) is 32.1 Å². The Kier molecular flexibility index (Phi) is 4.35. The summed E-state index contributed by atoms with van der Waals surface area (Å²) >= 11 is 5.68. The number of halogens is 2. The van der Waals surface area contributed by atoms with Crippen LogP contribution in [0.2, 0.25) is 5.02 Å². The normalized spacial score (nSPS) is 16.2. The maximum Gasteiger partial charge on any atom is 0.348 e. The maximum atomic E-state index is 13.6. The van der Waals surface area contributed by atoms with Gasteiger partial charge in [-0.25, -0.2) is 14.0 Å². The molecule has 25 heavy (non-hydrogen) atoms. The second-order valence-corrected chi connectivity index (χ2v) is 6.39. The minimum absolute atomic E-state index is 0.0577. The van der Waals surface area contributed by atoms with Crippen LogP contribution in [0.5, 0.6) is 0 Å². The molecule has 1 saturated heterocycles. The van der Waals surface area contributed by atoms with Crippen molar-refractivity contribution in [1.82, 2.24) is 0 Å². The van der Waals surface area contributed by atoms with Gasteiger partial charge in [-0.2, -0.15) is 0 Å². The smallest absolute Gasteiger partial charge is 0.348 e. The monoisotopic (exact) mass is 360 g/mol. The van der Waals surface area contributed by atoms with Crippen molar-refractivity contribution in [3.05, 3.63) is 64.4 Å².